The zero-order chi connectivity index (χ0) is 12.8. The summed E-state index contributed by atoms with van der Waals surface area (Å²) in [6, 6.07) is 0. The smallest absolute Gasteiger partial charge is 0.233 e. The molecule has 0 spiro atoms. The quantitative estimate of drug-likeness (QED) is 0.516. The summed E-state index contributed by atoms with van der Waals surface area (Å²) in [4.78, 5) is 0. The van der Waals surface area contributed by atoms with Crippen LogP contribution in [0, 0.1) is 5.41 Å². The third kappa shape index (κ3) is 6.01. The standard InChI is InChI=1S/C10H19ClO5S/c1-14-6-7-16-8-10(9-17(11,12)13)2-4-15-5-3-10/h2-9H2,1H3. The summed E-state index contributed by atoms with van der Waals surface area (Å²) in [6.45, 7) is 2.45. The molecule has 1 aliphatic rings. The molecule has 0 saturated carbocycles. The van der Waals surface area contributed by atoms with Crippen molar-refractivity contribution in [1.29, 1.82) is 0 Å². The van der Waals surface area contributed by atoms with Crippen molar-refractivity contribution in [2.24, 2.45) is 5.41 Å². The van der Waals surface area contributed by atoms with Crippen LogP contribution in [-0.4, -0.2) is 54.3 Å². The van der Waals surface area contributed by atoms with Gasteiger partial charge < -0.3 is 14.2 Å². The fourth-order valence-corrected chi connectivity index (χ4v) is 3.73. The molecule has 0 aromatic rings. The van der Waals surface area contributed by atoms with Gasteiger partial charge >= 0.3 is 0 Å². The Bertz CT molecular complexity index is 311. The van der Waals surface area contributed by atoms with E-state index in [9.17, 15) is 8.42 Å². The number of hydrogen-bond donors (Lipinski definition) is 0. The highest BCUT2D eigenvalue weighted by Crippen LogP contribution is 2.33. The van der Waals surface area contributed by atoms with E-state index in [1.54, 1.807) is 7.11 Å². The summed E-state index contributed by atoms with van der Waals surface area (Å²) in [5, 5.41) is 0. The Morgan fingerprint density at radius 3 is 2.47 bits per heavy atom. The van der Waals surface area contributed by atoms with Crippen LogP contribution in [0.4, 0.5) is 0 Å². The van der Waals surface area contributed by atoms with E-state index in [-0.39, 0.29) is 5.75 Å². The predicted molar refractivity (Wildman–Crippen MR) is 64.8 cm³/mol. The minimum absolute atomic E-state index is 0.0576. The van der Waals surface area contributed by atoms with Gasteiger partial charge in [0, 0.05) is 36.4 Å². The molecule has 102 valence electrons. The van der Waals surface area contributed by atoms with Gasteiger partial charge in [-0.2, -0.15) is 0 Å². The van der Waals surface area contributed by atoms with E-state index in [4.69, 9.17) is 24.9 Å². The molecular weight excluding hydrogens is 268 g/mol. The average molecular weight is 287 g/mol. The summed E-state index contributed by atoms with van der Waals surface area (Å²) in [5.74, 6) is -0.0576. The van der Waals surface area contributed by atoms with Gasteiger partial charge in [0.05, 0.1) is 25.6 Å². The van der Waals surface area contributed by atoms with Crippen LogP contribution in [0.15, 0.2) is 0 Å². The van der Waals surface area contributed by atoms with E-state index >= 15 is 0 Å². The highest BCUT2D eigenvalue weighted by atomic mass is 35.7. The van der Waals surface area contributed by atoms with E-state index in [1.807, 2.05) is 0 Å². The number of ether oxygens (including phenoxy) is 3. The molecule has 0 aliphatic carbocycles. The molecular formula is C10H19ClO5S. The Balaban J connectivity index is 2.52. The number of rotatable bonds is 7. The molecule has 0 aromatic heterocycles. The second-order valence-corrected chi connectivity index (χ2v) is 7.12. The first kappa shape index (κ1) is 15.2. The largest absolute Gasteiger partial charge is 0.382 e. The van der Waals surface area contributed by atoms with Crippen molar-refractivity contribution in [3.8, 4) is 0 Å². The topological polar surface area (TPSA) is 61.8 Å². The predicted octanol–water partition coefficient (Wildman–Crippen LogP) is 1.01. The SMILES string of the molecule is COCCOCC1(CS(=O)(=O)Cl)CCOCC1. The molecule has 1 saturated heterocycles. The Morgan fingerprint density at radius 1 is 1.29 bits per heavy atom. The second-order valence-electron chi connectivity index (χ2n) is 4.34. The lowest BCUT2D eigenvalue weighted by Gasteiger charge is -2.35. The highest BCUT2D eigenvalue weighted by Gasteiger charge is 2.37. The lowest BCUT2D eigenvalue weighted by atomic mass is 9.83. The van der Waals surface area contributed by atoms with Gasteiger partial charge in [-0.15, -0.1) is 0 Å². The molecule has 0 N–H and O–H groups in total. The minimum atomic E-state index is -3.52. The maximum absolute atomic E-state index is 11.2. The van der Waals surface area contributed by atoms with E-state index < -0.39 is 14.5 Å². The van der Waals surface area contributed by atoms with E-state index in [0.29, 0.717) is 45.9 Å². The van der Waals surface area contributed by atoms with Gasteiger partial charge in [0.1, 0.15) is 0 Å². The van der Waals surface area contributed by atoms with Crippen molar-refractivity contribution in [1.82, 2.24) is 0 Å². The lowest BCUT2D eigenvalue weighted by Crippen LogP contribution is -2.39. The van der Waals surface area contributed by atoms with Crippen molar-refractivity contribution in [3.05, 3.63) is 0 Å². The van der Waals surface area contributed by atoms with Crippen LogP contribution < -0.4 is 0 Å². The maximum Gasteiger partial charge on any atom is 0.233 e. The van der Waals surface area contributed by atoms with Crippen LogP contribution in [0.3, 0.4) is 0 Å². The minimum Gasteiger partial charge on any atom is -0.382 e. The van der Waals surface area contributed by atoms with Gasteiger partial charge in [0.25, 0.3) is 0 Å². The molecule has 1 heterocycles. The van der Waals surface area contributed by atoms with Crippen LogP contribution in [0.1, 0.15) is 12.8 Å². The van der Waals surface area contributed by atoms with Crippen LogP contribution >= 0.6 is 10.7 Å². The molecule has 17 heavy (non-hydrogen) atoms. The second kappa shape index (κ2) is 6.89. The molecule has 0 aromatic carbocycles. The molecule has 1 fully saturated rings. The third-order valence-corrected chi connectivity index (χ3v) is 4.16. The van der Waals surface area contributed by atoms with E-state index in [0.717, 1.165) is 0 Å². The zero-order valence-corrected chi connectivity index (χ0v) is 11.6. The average Bonchev–Trinajstić information content (AvgIpc) is 2.23. The van der Waals surface area contributed by atoms with Crippen LogP contribution in [0.5, 0.6) is 0 Å². The Morgan fingerprint density at radius 2 is 1.94 bits per heavy atom. The van der Waals surface area contributed by atoms with Gasteiger partial charge in [-0.3, -0.25) is 0 Å². The summed E-state index contributed by atoms with van der Waals surface area (Å²) in [5.41, 5.74) is -0.410. The zero-order valence-electron chi connectivity index (χ0n) is 9.98. The highest BCUT2D eigenvalue weighted by molar-refractivity contribution is 8.13. The summed E-state index contributed by atoms with van der Waals surface area (Å²) >= 11 is 0. The van der Waals surface area contributed by atoms with E-state index in [1.165, 1.54) is 0 Å². The van der Waals surface area contributed by atoms with Crippen molar-refractivity contribution >= 4 is 19.7 Å². The molecule has 0 atom stereocenters. The molecule has 0 radical (unpaired) electrons. The van der Waals surface area contributed by atoms with E-state index in [2.05, 4.69) is 0 Å². The molecule has 1 aliphatic heterocycles. The first-order valence-corrected chi connectivity index (χ1v) is 8.02. The molecule has 7 heteroatoms. The van der Waals surface area contributed by atoms with Crippen LogP contribution in [0.2, 0.25) is 0 Å². The van der Waals surface area contributed by atoms with Crippen LogP contribution in [-0.2, 0) is 23.3 Å². The maximum atomic E-state index is 11.2. The van der Waals surface area contributed by atoms with Crippen molar-refractivity contribution in [2.75, 3.05) is 45.9 Å². The van der Waals surface area contributed by atoms with Crippen molar-refractivity contribution in [3.63, 3.8) is 0 Å². The fourth-order valence-electron chi connectivity index (χ4n) is 1.93. The summed E-state index contributed by atoms with van der Waals surface area (Å²) < 4.78 is 38.1. The molecule has 5 nitrogen and oxygen atoms in total. The van der Waals surface area contributed by atoms with Gasteiger partial charge in [0.15, 0.2) is 0 Å². The monoisotopic (exact) mass is 286 g/mol. The lowest BCUT2D eigenvalue weighted by molar-refractivity contribution is -0.0365. The van der Waals surface area contributed by atoms with Gasteiger partial charge in [0.2, 0.25) is 9.05 Å². The molecule has 1 rings (SSSR count). The summed E-state index contributed by atoms with van der Waals surface area (Å²) in [6.07, 6.45) is 1.32. The molecule has 0 amide bonds. The Hall–Kier alpha value is 0.120. The first-order valence-electron chi connectivity index (χ1n) is 5.54. The number of hydrogen-bond acceptors (Lipinski definition) is 5. The number of methoxy groups -OCH3 is 1. The van der Waals surface area contributed by atoms with Gasteiger partial charge in [-0.05, 0) is 12.8 Å². The Labute approximate surface area is 107 Å². The summed E-state index contributed by atoms with van der Waals surface area (Å²) in [7, 11) is 3.42. The first-order chi connectivity index (χ1) is 7.97. The van der Waals surface area contributed by atoms with Crippen molar-refractivity contribution in [2.45, 2.75) is 12.8 Å². The van der Waals surface area contributed by atoms with Crippen LogP contribution in [0.25, 0.3) is 0 Å². The normalized spacial score (nSPS) is 20.4. The Kier molecular flexibility index (Phi) is 6.16. The molecule has 0 unspecified atom stereocenters. The third-order valence-electron chi connectivity index (χ3n) is 2.87. The van der Waals surface area contributed by atoms with Gasteiger partial charge in [-0.1, -0.05) is 0 Å². The van der Waals surface area contributed by atoms with Crippen molar-refractivity contribution < 1.29 is 22.6 Å². The van der Waals surface area contributed by atoms with Gasteiger partial charge in [-0.25, -0.2) is 8.42 Å². The fraction of sp³-hybridized carbons (Fsp3) is 1.00. The number of halogens is 1. The molecule has 0 bridgehead atoms.